The molecule has 1 aliphatic heterocycles. The number of anilines is 2. The molecule has 1 saturated carbocycles. The molecule has 0 unspecified atom stereocenters. The Kier molecular flexibility index (Phi) is 7.55. The third-order valence-electron chi connectivity index (χ3n) is 7.09. The standard InChI is InChI=1S/C28H34N6O4S/c1-19(2)17-30-27(35)31-22-6-4-21(5-7-22)26-32-24(16-25(33-26)34-14-15-38-18-20(34)3)28(10-11-28)39(36,37)23-8-12-29-13-9-23/h4-9,12-13,16,19-20H,10-11,14-15,17-18H2,1-3H3,(H2,30,31,35)/t20-/m0/s1. The van der Waals surface area contributed by atoms with Crippen LogP contribution in [-0.2, 0) is 19.3 Å². The van der Waals surface area contributed by atoms with E-state index in [4.69, 9.17) is 14.7 Å². The zero-order valence-electron chi connectivity index (χ0n) is 22.4. The van der Waals surface area contributed by atoms with E-state index in [1.165, 1.54) is 24.5 Å². The van der Waals surface area contributed by atoms with Gasteiger partial charge in [-0.1, -0.05) is 13.8 Å². The number of carbonyl (C=O) groups excluding carboxylic acids is 1. The number of amides is 2. The lowest BCUT2D eigenvalue weighted by molar-refractivity contribution is 0.0985. The highest BCUT2D eigenvalue weighted by Gasteiger charge is 2.58. The summed E-state index contributed by atoms with van der Waals surface area (Å²) in [5.41, 5.74) is 1.86. The van der Waals surface area contributed by atoms with Gasteiger partial charge in [0.25, 0.3) is 0 Å². The Hall–Kier alpha value is -3.57. The summed E-state index contributed by atoms with van der Waals surface area (Å²) in [7, 11) is -3.70. The topological polar surface area (TPSA) is 126 Å². The van der Waals surface area contributed by atoms with Gasteiger partial charge in [0.1, 0.15) is 10.6 Å². The maximum Gasteiger partial charge on any atom is 0.319 e. The number of carbonyl (C=O) groups is 1. The van der Waals surface area contributed by atoms with Crippen molar-refractivity contribution in [1.82, 2.24) is 20.3 Å². The number of ether oxygens (including phenoxy) is 1. The summed E-state index contributed by atoms with van der Waals surface area (Å²) in [6.07, 6.45) is 3.96. The van der Waals surface area contributed by atoms with Gasteiger partial charge in [-0.05, 0) is 62.1 Å². The molecule has 1 saturated heterocycles. The quantitative estimate of drug-likeness (QED) is 0.431. The number of nitrogens with zero attached hydrogens (tertiary/aromatic N) is 4. The van der Waals surface area contributed by atoms with Crippen LogP contribution in [0.1, 0.15) is 39.3 Å². The van der Waals surface area contributed by atoms with E-state index in [0.29, 0.717) is 68.1 Å². The fraction of sp³-hybridized carbons (Fsp3) is 0.429. The van der Waals surface area contributed by atoms with Crippen LogP contribution < -0.4 is 15.5 Å². The monoisotopic (exact) mass is 550 g/mol. The molecule has 0 bridgehead atoms. The van der Waals surface area contributed by atoms with E-state index in [2.05, 4.69) is 27.4 Å². The number of aromatic nitrogens is 3. The lowest BCUT2D eigenvalue weighted by atomic mass is 10.1. The second kappa shape index (κ2) is 10.9. The zero-order chi connectivity index (χ0) is 27.6. The van der Waals surface area contributed by atoms with E-state index in [0.717, 1.165) is 5.56 Å². The van der Waals surface area contributed by atoms with Crippen LogP contribution in [0, 0.1) is 5.92 Å². The molecule has 1 aromatic carbocycles. The second-order valence-electron chi connectivity index (χ2n) is 10.5. The molecule has 2 aliphatic rings. The lowest BCUT2D eigenvalue weighted by Gasteiger charge is -2.34. The van der Waals surface area contributed by atoms with Crippen LogP contribution in [0.3, 0.4) is 0 Å². The van der Waals surface area contributed by atoms with E-state index in [9.17, 15) is 13.2 Å². The van der Waals surface area contributed by atoms with Crippen molar-refractivity contribution >= 4 is 27.4 Å². The van der Waals surface area contributed by atoms with Crippen molar-refractivity contribution in [1.29, 1.82) is 0 Å². The third-order valence-corrected chi connectivity index (χ3v) is 9.63. The van der Waals surface area contributed by atoms with Crippen LogP contribution >= 0.6 is 0 Å². The Morgan fingerprint density at radius 2 is 1.85 bits per heavy atom. The summed E-state index contributed by atoms with van der Waals surface area (Å²) in [5.74, 6) is 1.47. The molecule has 10 nitrogen and oxygen atoms in total. The minimum Gasteiger partial charge on any atom is -0.377 e. The summed E-state index contributed by atoms with van der Waals surface area (Å²) >= 11 is 0. The predicted molar refractivity (Wildman–Crippen MR) is 149 cm³/mol. The van der Waals surface area contributed by atoms with Crippen molar-refractivity contribution in [3.8, 4) is 11.4 Å². The number of urea groups is 1. The Morgan fingerprint density at radius 1 is 1.13 bits per heavy atom. The van der Waals surface area contributed by atoms with Gasteiger partial charge in [0, 0.05) is 42.8 Å². The van der Waals surface area contributed by atoms with Gasteiger partial charge >= 0.3 is 6.03 Å². The molecular weight excluding hydrogens is 516 g/mol. The molecule has 3 aromatic rings. The van der Waals surface area contributed by atoms with Gasteiger partial charge in [-0.25, -0.2) is 23.2 Å². The molecule has 1 atom stereocenters. The van der Waals surface area contributed by atoms with Gasteiger partial charge in [0.15, 0.2) is 15.7 Å². The van der Waals surface area contributed by atoms with Crippen LogP contribution in [0.25, 0.3) is 11.4 Å². The van der Waals surface area contributed by atoms with E-state index in [1.807, 2.05) is 32.0 Å². The van der Waals surface area contributed by atoms with Crippen molar-refractivity contribution in [2.24, 2.45) is 5.92 Å². The third kappa shape index (κ3) is 5.60. The Bertz CT molecular complexity index is 1430. The summed E-state index contributed by atoms with van der Waals surface area (Å²) in [4.78, 5) is 28.2. The molecule has 39 heavy (non-hydrogen) atoms. The SMILES string of the molecule is CC(C)CNC(=O)Nc1ccc(-c2nc(N3CCOC[C@@H]3C)cc(C3(S(=O)(=O)c4ccncc4)CC3)n2)cc1. The molecule has 0 spiro atoms. The first kappa shape index (κ1) is 27.0. The number of hydrogen-bond donors (Lipinski definition) is 2. The highest BCUT2D eigenvalue weighted by atomic mass is 32.2. The molecule has 5 rings (SSSR count). The maximum absolute atomic E-state index is 13.8. The molecular formula is C28H34N6O4S. The van der Waals surface area contributed by atoms with E-state index < -0.39 is 14.6 Å². The molecule has 2 fully saturated rings. The fourth-order valence-corrected chi connectivity index (χ4v) is 6.66. The van der Waals surface area contributed by atoms with Gasteiger partial charge in [-0.15, -0.1) is 0 Å². The molecule has 2 aromatic heterocycles. The van der Waals surface area contributed by atoms with Gasteiger partial charge in [0.05, 0.1) is 29.8 Å². The summed E-state index contributed by atoms with van der Waals surface area (Å²) in [6, 6.07) is 12.0. The molecule has 1 aliphatic carbocycles. The first-order chi connectivity index (χ1) is 18.7. The molecule has 2 N–H and O–H groups in total. The number of hydrogen-bond acceptors (Lipinski definition) is 8. The lowest BCUT2D eigenvalue weighted by Crippen LogP contribution is -2.44. The molecule has 11 heteroatoms. The minimum absolute atomic E-state index is 0.0808. The van der Waals surface area contributed by atoms with Gasteiger partial charge in [-0.3, -0.25) is 4.98 Å². The first-order valence-electron chi connectivity index (χ1n) is 13.2. The fourth-order valence-electron chi connectivity index (χ4n) is 4.71. The maximum atomic E-state index is 13.8. The normalized spacial score (nSPS) is 18.6. The Labute approximate surface area is 229 Å². The molecule has 3 heterocycles. The smallest absolute Gasteiger partial charge is 0.319 e. The summed E-state index contributed by atoms with van der Waals surface area (Å²) in [6.45, 7) is 8.48. The largest absolute Gasteiger partial charge is 0.377 e. The second-order valence-corrected chi connectivity index (χ2v) is 12.8. The van der Waals surface area contributed by atoms with Crippen LogP contribution in [0.2, 0.25) is 0 Å². The van der Waals surface area contributed by atoms with Crippen molar-refractivity contribution in [3.05, 3.63) is 60.6 Å². The molecule has 0 radical (unpaired) electrons. The average Bonchev–Trinajstić information content (AvgIpc) is 3.76. The predicted octanol–water partition coefficient (Wildman–Crippen LogP) is 4.00. The van der Waals surface area contributed by atoms with Crippen LogP contribution in [-0.4, -0.2) is 61.7 Å². The van der Waals surface area contributed by atoms with E-state index >= 15 is 0 Å². The average molecular weight is 551 g/mol. The van der Waals surface area contributed by atoms with Crippen LogP contribution in [0.15, 0.2) is 59.8 Å². The summed E-state index contributed by atoms with van der Waals surface area (Å²) < 4.78 is 32.1. The highest BCUT2D eigenvalue weighted by molar-refractivity contribution is 7.92. The van der Waals surface area contributed by atoms with E-state index in [1.54, 1.807) is 12.1 Å². The Morgan fingerprint density at radius 3 is 2.49 bits per heavy atom. The Balaban J connectivity index is 1.51. The van der Waals surface area contributed by atoms with Crippen molar-refractivity contribution in [2.45, 2.75) is 49.3 Å². The number of pyridine rings is 1. The number of benzene rings is 1. The number of nitrogens with one attached hydrogen (secondary N) is 2. The highest BCUT2D eigenvalue weighted by Crippen LogP contribution is 2.55. The zero-order valence-corrected chi connectivity index (χ0v) is 23.2. The van der Waals surface area contributed by atoms with Gasteiger partial charge in [0.2, 0.25) is 0 Å². The van der Waals surface area contributed by atoms with Crippen LogP contribution in [0.5, 0.6) is 0 Å². The molecule has 206 valence electrons. The number of sulfone groups is 1. The minimum atomic E-state index is -3.70. The van der Waals surface area contributed by atoms with Crippen LogP contribution in [0.4, 0.5) is 16.3 Å². The van der Waals surface area contributed by atoms with Gasteiger partial charge in [-0.2, -0.15) is 0 Å². The molecule has 2 amide bonds. The van der Waals surface area contributed by atoms with Crippen molar-refractivity contribution in [2.75, 3.05) is 36.5 Å². The number of rotatable bonds is 8. The summed E-state index contributed by atoms with van der Waals surface area (Å²) in [5, 5.41) is 5.66. The van der Waals surface area contributed by atoms with Crippen molar-refractivity contribution in [3.63, 3.8) is 0 Å². The van der Waals surface area contributed by atoms with E-state index in [-0.39, 0.29) is 17.0 Å². The number of morpholine rings is 1. The van der Waals surface area contributed by atoms with Crippen molar-refractivity contribution < 1.29 is 17.9 Å². The van der Waals surface area contributed by atoms with Gasteiger partial charge < -0.3 is 20.3 Å². The first-order valence-corrected chi connectivity index (χ1v) is 14.7.